The number of benzene rings is 2. The van der Waals surface area contributed by atoms with Gasteiger partial charge in [0.1, 0.15) is 12.3 Å². The van der Waals surface area contributed by atoms with E-state index < -0.39 is 16.0 Å². The molecule has 0 spiro atoms. The summed E-state index contributed by atoms with van der Waals surface area (Å²) < 4.78 is 31.3. The standard InChI is InChI=1S/C17H19NO4S/c1-13-9-10-14(2)16(11-13)23(20,21)18(3)12-17(19)22-15-7-5-4-6-8-15/h4-11H,12H2,1-3H3. The van der Waals surface area contributed by atoms with Crippen LogP contribution >= 0.6 is 0 Å². The Bertz CT molecular complexity index is 801. The predicted octanol–water partition coefficient (Wildman–Crippen LogP) is 2.53. The first-order valence-electron chi connectivity index (χ1n) is 7.10. The van der Waals surface area contributed by atoms with Crippen molar-refractivity contribution in [1.29, 1.82) is 0 Å². The van der Waals surface area contributed by atoms with Crippen LogP contribution in [0.25, 0.3) is 0 Å². The lowest BCUT2D eigenvalue weighted by molar-refractivity contribution is -0.134. The van der Waals surface area contributed by atoms with Crippen LogP contribution in [-0.4, -0.2) is 32.3 Å². The number of ether oxygens (including phenoxy) is 1. The molecule has 0 saturated carbocycles. The average Bonchev–Trinajstić information content (AvgIpc) is 2.50. The normalized spacial score (nSPS) is 11.5. The summed E-state index contributed by atoms with van der Waals surface area (Å²) in [6.45, 7) is 3.19. The second-order valence-corrected chi connectivity index (χ2v) is 7.33. The fourth-order valence-corrected chi connectivity index (χ4v) is 3.49. The van der Waals surface area contributed by atoms with Crippen molar-refractivity contribution in [2.24, 2.45) is 0 Å². The molecule has 0 aromatic heterocycles. The van der Waals surface area contributed by atoms with Gasteiger partial charge in [-0.05, 0) is 43.2 Å². The van der Waals surface area contributed by atoms with E-state index in [0.29, 0.717) is 11.3 Å². The number of nitrogens with zero attached hydrogens (tertiary/aromatic N) is 1. The number of likely N-dealkylation sites (N-methyl/N-ethyl adjacent to an activating group) is 1. The fraction of sp³-hybridized carbons (Fsp3) is 0.235. The number of para-hydroxylation sites is 1. The molecule has 0 bridgehead atoms. The van der Waals surface area contributed by atoms with Gasteiger partial charge < -0.3 is 4.74 Å². The molecule has 122 valence electrons. The maximum absolute atomic E-state index is 12.6. The van der Waals surface area contributed by atoms with Crippen LogP contribution < -0.4 is 4.74 Å². The Kier molecular flexibility index (Phi) is 5.18. The molecule has 0 fully saturated rings. The van der Waals surface area contributed by atoms with Gasteiger partial charge in [-0.2, -0.15) is 4.31 Å². The average molecular weight is 333 g/mol. The Morgan fingerprint density at radius 3 is 2.39 bits per heavy atom. The third kappa shape index (κ3) is 4.18. The molecule has 0 aliphatic heterocycles. The van der Waals surface area contributed by atoms with E-state index in [1.807, 2.05) is 13.0 Å². The van der Waals surface area contributed by atoms with Gasteiger partial charge >= 0.3 is 5.97 Å². The predicted molar refractivity (Wildman–Crippen MR) is 87.8 cm³/mol. The molecule has 2 rings (SSSR count). The highest BCUT2D eigenvalue weighted by molar-refractivity contribution is 7.89. The Morgan fingerprint density at radius 1 is 1.09 bits per heavy atom. The lowest BCUT2D eigenvalue weighted by Crippen LogP contribution is -2.34. The van der Waals surface area contributed by atoms with Crippen molar-refractivity contribution in [1.82, 2.24) is 4.31 Å². The maximum Gasteiger partial charge on any atom is 0.326 e. The molecular weight excluding hydrogens is 314 g/mol. The van der Waals surface area contributed by atoms with E-state index in [2.05, 4.69) is 0 Å². The van der Waals surface area contributed by atoms with Crippen LogP contribution in [0.4, 0.5) is 0 Å². The van der Waals surface area contributed by atoms with Crippen molar-refractivity contribution in [3.05, 3.63) is 59.7 Å². The lowest BCUT2D eigenvalue weighted by Gasteiger charge is -2.18. The van der Waals surface area contributed by atoms with Gasteiger partial charge in [0.05, 0.1) is 4.90 Å². The van der Waals surface area contributed by atoms with Crippen LogP contribution in [0.15, 0.2) is 53.4 Å². The molecule has 0 saturated heterocycles. The number of sulfonamides is 1. The van der Waals surface area contributed by atoms with Gasteiger partial charge in [0.25, 0.3) is 0 Å². The zero-order valence-corrected chi connectivity index (χ0v) is 14.1. The monoisotopic (exact) mass is 333 g/mol. The van der Waals surface area contributed by atoms with Gasteiger partial charge in [-0.25, -0.2) is 8.42 Å². The van der Waals surface area contributed by atoms with E-state index in [9.17, 15) is 13.2 Å². The number of esters is 1. The first kappa shape index (κ1) is 17.2. The number of aryl methyl sites for hydroxylation is 2. The third-order valence-corrected chi connectivity index (χ3v) is 5.30. The summed E-state index contributed by atoms with van der Waals surface area (Å²) >= 11 is 0. The van der Waals surface area contributed by atoms with Crippen LogP contribution in [-0.2, 0) is 14.8 Å². The number of rotatable bonds is 5. The second kappa shape index (κ2) is 6.93. The van der Waals surface area contributed by atoms with Crippen molar-refractivity contribution >= 4 is 16.0 Å². The van der Waals surface area contributed by atoms with Gasteiger partial charge in [-0.3, -0.25) is 4.79 Å². The smallest absolute Gasteiger partial charge is 0.326 e. The van der Waals surface area contributed by atoms with E-state index in [1.54, 1.807) is 49.4 Å². The Morgan fingerprint density at radius 2 is 1.74 bits per heavy atom. The third-order valence-electron chi connectivity index (χ3n) is 3.36. The highest BCUT2D eigenvalue weighted by Gasteiger charge is 2.25. The number of carbonyl (C=O) groups excluding carboxylic acids is 1. The number of hydrogen-bond acceptors (Lipinski definition) is 4. The van der Waals surface area contributed by atoms with Gasteiger partial charge in [-0.1, -0.05) is 30.3 Å². The van der Waals surface area contributed by atoms with E-state index in [1.165, 1.54) is 7.05 Å². The van der Waals surface area contributed by atoms with Crippen LogP contribution in [0.5, 0.6) is 5.75 Å². The first-order chi connectivity index (χ1) is 10.8. The molecule has 6 heteroatoms. The molecule has 2 aromatic carbocycles. The molecule has 5 nitrogen and oxygen atoms in total. The zero-order valence-electron chi connectivity index (χ0n) is 13.3. The quantitative estimate of drug-likeness (QED) is 0.623. The lowest BCUT2D eigenvalue weighted by atomic mass is 10.2. The van der Waals surface area contributed by atoms with Crippen molar-refractivity contribution in [3.8, 4) is 5.75 Å². The topological polar surface area (TPSA) is 63.7 Å². The summed E-state index contributed by atoms with van der Waals surface area (Å²) in [5, 5.41) is 0. The summed E-state index contributed by atoms with van der Waals surface area (Å²) in [7, 11) is -2.38. The summed E-state index contributed by atoms with van der Waals surface area (Å²) in [6.07, 6.45) is 0. The van der Waals surface area contributed by atoms with Crippen molar-refractivity contribution in [2.75, 3.05) is 13.6 Å². The molecule has 0 aliphatic rings. The molecule has 0 N–H and O–H groups in total. The van der Waals surface area contributed by atoms with Crippen LogP contribution in [0.1, 0.15) is 11.1 Å². The summed E-state index contributed by atoms with van der Waals surface area (Å²) in [4.78, 5) is 12.1. The minimum atomic E-state index is -3.75. The number of carbonyl (C=O) groups is 1. The Hall–Kier alpha value is -2.18. The second-order valence-electron chi connectivity index (χ2n) is 5.32. The molecule has 0 amide bonds. The van der Waals surface area contributed by atoms with Gasteiger partial charge in [0, 0.05) is 7.05 Å². The van der Waals surface area contributed by atoms with Crippen LogP contribution in [0.2, 0.25) is 0 Å². The van der Waals surface area contributed by atoms with Crippen molar-refractivity contribution in [3.63, 3.8) is 0 Å². The van der Waals surface area contributed by atoms with Gasteiger partial charge in [-0.15, -0.1) is 0 Å². The molecule has 0 aliphatic carbocycles. The Labute approximate surface area is 136 Å². The number of hydrogen-bond donors (Lipinski definition) is 0. The van der Waals surface area contributed by atoms with E-state index in [4.69, 9.17) is 4.74 Å². The zero-order chi connectivity index (χ0) is 17.0. The summed E-state index contributed by atoms with van der Waals surface area (Å²) in [5.74, 6) is -0.248. The van der Waals surface area contributed by atoms with E-state index in [-0.39, 0.29) is 11.4 Å². The van der Waals surface area contributed by atoms with E-state index in [0.717, 1.165) is 9.87 Å². The Balaban J connectivity index is 2.14. The minimum Gasteiger partial charge on any atom is -0.426 e. The molecule has 2 aromatic rings. The maximum atomic E-state index is 12.6. The van der Waals surface area contributed by atoms with Crippen LogP contribution in [0.3, 0.4) is 0 Å². The largest absolute Gasteiger partial charge is 0.426 e. The summed E-state index contributed by atoms with van der Waals surface area (Å²) in [5.41, 5.74) is 1.48. The van der Waals surface area contributed by atoms with Crippen LogP contribution in [0, 0.1) is 13.8 Å². The van der Waals surface area contributed by atoms with Gasteiger partial charge in [0.2, 0.25) is 10.0 Å². The molecule has 0 unspecified atom stereocenters. The fourth-order valence-electron chi connectivity index (χ4n) is 2.07. The molecule has 0 heterocycles. The molecule has 23 heavy (non-hydrogen) atoms. The molecular formula is C17H19NO4S. The van der Waals surface area contributed by atoms with Gasteiger partial charge in [0.15, 0.2) is 0 Å². The van der Waals surface area contributed by atoms with Crippen molar-refractivity contribution < 1.29 is 17.9 Å². The van der Waals surface area contributed by atoms with E-state index >= 15 is 0 Å². The highest BCUT2D eigenvalue weighted by atomic mass is 32.2. The SMILES string of the molecule is Cc1ccc(C)c(S(=O)(=O)N(C)CC(=O)Oc2ccccc2)c1. The molecule has 0 atom stereocenters. The molecule has 0 radical (unpaired) electrons. The highest BCUT2D eigenvalue weighted by Crippen LogP contribution is 2.20. The minimum absolute atomic E-state index is 0.201. The first-order valence-corrected chi connectivity index (χ1v) is 8.54. The van der Waals surface area contributed by atoms with Crippen molar-refractivity contribution in [2.45, 2.75) is 18.7 Å². The summed E-state index contributed by atoms with van der Waals surface area (Å²) in [6, 6.07) is 13.7.